The second-order valence-electron chi connectivity index (χ2n) is 8.19. The molecule has 29 heavy (non-hydrogen) atoms. The lowest BCUT2D eigenvalue weighted by Crippen LogP contribution is -2.47. The predicted octanol–water partition coefficient (Wildman–Crippen LogP) is 4.11. The second kappa shape index (κ2) is 7.86. The van der Waals surface area contributed by atoms with E-state index in [9.17, 15) is 4.39 Å². The van der Waals surface area contributed by atoms with Crippen LogP contribution in [-0.4, -0.2) is 46.8 Å². The molecule has 0 radical (unpaired) electrons. The Kier molecular flexibility index (Phi) is 5.42. The van der Waals surface area contributed by atoms with Gasteiger partial charge in [-0.25, -0.2) is 13.8 Å². The van der Waals surface area contributed by atoms with Gasteiger partial charge in [0.1, 0.15) is 24.7 Å². The highest BCUT2D eigenvalue weighted by Crippen LogP contribution is 2.37. The molecule has 5 nitrogen and oxygen atoms in total. The molecule has 1 unspecified atom stereocenters. The summed E-state index contributed by atoms with van der Waals surface area (Å²) in [5.41, 5.74) is 1.65. The molecule has 0 aliphatic carbocycles. The molecule has 2 atom stereocenters. The van der Waals surface area contributed by atoms with Crippen LogP contribution in [0.1, 0.15) is 48.5 Å². The van der Waals surface area contributed by atoms with E-state index in [0.717, 1.165) is 23.4 Å². The zero-order valence-electron chi connectivity index (χ0n) is 17.2. The fourth-order valence-electron chi connectivity index (χ4n) is 4.42. The molecule has 0 bridgehead atoms. The summed E-state index contributed by atoms with van der Waals surface area (Å²) in [6.45, 7) is 7.43. The van der Waals surface area contributed by atoms with E-state index in [0.29, 0.717) is 44.2 Å². The first kappa shape index (κ1) is 20.0. The Bertz CT molecular complexity index is 888. The summed E-state index contributed by atoms with van der Waals surface area (Å²) in [4.78, 5) is 10.7. The average Bonchev–Trinajstić information content (AvgIpc) is 2.65. The van der Waals surface area contributed by atoms with Gasteiger partial charge in [0, 0.05) is 30.4 Å². The van der Waals surface area contributed by atoms with Gasteiger partial charge in [-0.05, 0) is 57.9 Å². The van der Waals surface area contributed by atoms with E-state index in [1.165, 1.54) is 6.07 Å². The average molecular weight is 403 g/mol. The van der Waals surface area contributed by atoms with Gasteiger partial charge >= 0.3 is 0 Å². The lowest BCUT2D eigenvalue weighted by Gasteiger charge is -2.40. The van der Waals surface area contributed by atoms with Gasteiger partial charge in [-0.2, -0.15) is 0 Å². The summed E-state index contributed by atoms with van der Waals surface area (Å²) in [6.07, 6.45) is 1.54. The number of fused-ring (bicyclic) bond motifs is 1. The Labute approximate surface area is 170 Å². The van der Waals surface area contributed by atoms with Crippen molar-refractivity contribution < 1.29 is 18.3 Å². The monoisotopic (exact) mass is 403 g/mol. The molecule has 0 aromatic carbocycles. The maximum atomic E-state index is 15.8. The third-order valence-electron chi connectivity index (χ3n) is 5.68. The van der Waals surface area contributed by atoms with Crippen LogP contribution in [-0.2, 0) is 6.42 Å². The molecule has 2 aliphatic rings. The molecule has 0 saturated carbocycles. The summed E-state index contributed by atoms with van der Waals surface area (Å²) in [7, 11) is 0. The minimum atomic E-state index is -1.36. The molecule has 4 heterocycles. The van der Waals surface area contributed by atoms with Crippen LogP contribution >= 0.6 is 0 Å². The van der Waals surface area contributed by atoms with Crippen molar-refractivity contribution in [2.45, 2.75) is 51.7 Å². The number of aryl methyl sites for hydroxylation is 2. The molecule has 0 N–H and O–H groups in total. The molecule has 2 aromatic rings. The third kappa shape index (κ3) is 4.34. The van der Waals surface area contributed by atoms with Crippen LogP contribution in [0.3, 0.4) is 0 Å². The Morgan fingerprint density at radius 2 is 1.86 bits per heavy atom. The van der Waals surface area contributed by atoms with E-state index in [2.05, 4.69) is 9.97 Å². The number of rotatable bonds is 4. The van der Waals surface area contributed by atoms with E-state index >= 15 is 4.39 Å². The number of piperidine rings is 1. The number of ether oxygens (including phenoxy) is 2. The molecule has 1 saturated heterocycles. The standard InChI is InChI=1S/C22H27F2N3O2/c1-14-9-17(10-15(2)25-14)12-22(24)5-4-6-27(13-22)16(3)20-18(23)11-19-21(26-20)29-8-7-28-19/h9-11,16H,4-8,12-13H2,1-3H3/t16-,22?/m0/s1. The summed E-state index contributed by atoms with van der Waals surface area (Å²) in [5.74, 6) is 0.189. The van der Waals surface area contributed by atoms with Crippen LogP contribution in [0.5, 0.6) is 11.6 Å². The summed E-state index contributed by atoms with van der Waals surface area (Å²) in [6, 6.07) is 4.85. The topological polar surface area (TPSA) is 47.5 Å². The minimum Gasteiger partial charge on any atom is -0.484 e. The molecule has 7 heteroatoms. The zero-order valence-corrected chi connectivity index (χ0v) is 17.2. The van der Waals surface area contributed by atoms with Crippen LogP contribution in [0.2, 0.25) is 0 Å². The largest absolute Gasteiger partial charge is 0.484 e. The molecule has 4 rings (SSSR count). The third-order valence-corrected chi connectivity index (χ3v) is 5.68. The fraction of sp³-hybridized carbons (Fsp3) is 0.545. The van der Waals surface area contributed by atoms with E-state index in [1.807, 2.05) is 37.8 Å². The zero-order chi connectivity index (χ0) is 20.6. The number of hydrogen-bond acceptors (Lipinski definition) is 5. The van der Waals surface area contributed by atoms with Gasteiger partial charge in [0.15, 0.2) is 5.75 Å². The maximum absolute atomic E-state index is 15.8. The molecular formula is C22H27F2N3O2. The molecule has 2 aromatic heterocycles. The van der Waals surface area contributed by atoms with Gasteiger partial charge in [0.2, 0.25) is 0 Å². The van der Waals surface area contributed by atoms with Gasteiger partial charge in [0.25, 0.3) is 5.88 Å². The van der Waals surface area contributed by atoms with Crippen molar-refractivity contribution in [1.29, 1.82) is 0 Å². The van der Waals surface area contributed by atoms with Gasteiger partial charge in [-0.3, -0.25) is 9.88 Å². The first-order valence-corrected chi connectivity index (χ1v) is 10.2. The summed E-state index contributed by atoms with van der Waals surface area (Å²) in [5, 5.41) is 0. The van der Waals surface area contributed by atoms with Crippen LogP contribution in [0, 0.1) is 19.7 Å². The Morgan fingerprint density at radius 1 is 1.14 bits per heavy atom. The Balaban J connectivity index is 1.53. The quantitative estimate of drug-likeness (QED) is 0.769. The van der Waals surface area contributed by atoms with Crippen molar-refractivity contribution in [3.05, 3.63) is 46.7 Å². The summed E-state index contributed by atoms with van der Waals surface area (Å²) < 4.78 is 41.4. The van der Waals surface area contributed by atoms with E-state index < -0.39 is 11.5 Å². The molecule has 0 amide bonds. The van der Waals surface area contributed by atoms with Crippen molar-refractivity contribution >= 4 is 0 Å². The van der Waals surface area contributed by atoms with Crippen molar-refractivity contribution in [3.8, 4) is 11.6 Å². The number of hydrogen-bond donors (Lipinski definition) is 0. The molecule has 156 valence electrons. The summed E-state index contributed by atoms with van der Waals surface area (Å²) >= 11 is 0. The predicted molar refractivity (Wildman–Crippen MR) is 106 cm³/mol. The smallest absolute Gasteiger partial charge is 0.257 e. The highest BCUT2D eigenvalue weighted by Gasteiger charge is 2.38. The van der Waals surface area contributed by atoms with E-state index in [4.69, 9.17) is 9.47 Å². The van der Waals surface area contributed by atoms with Gasteiger partial charge in [-0.15, -0.1) is 0 Å². The number of halogens is 2. The van der Waals surface area contributed by atoms with E-state index in [1.54, 1.807) is 0 Å². The van der Waals surface area contributed by atoms with Crippen molar-refractivity contribution in [2.24, 2.45) is 0 Å². The Morgan fingerprint density at radius 3 is 2.62 bits per heavy atom. The second-order valence-corrected chi connectivity index (χ2v) is 8.19. The number of nitrogens with zero attached hydrogens (tertiary/aromatic N) is 3. The molecule has 1 fully saturated rings. The number of likely N-dealkylation sites (tertiary alicyclic amines) is 1. The SMILES string of the molecule is Cc1cc(CC2(F)CCCN([C@@H](C)c3nc4c(cc3F)OCCO4)C2)cc(C)n1. The highest BCUT2D eigenvalue weighted by molar-refractivity contribution is 5.37. The van der Waals surface area contributed by atoms with Crippen LogP contribution in [0.25, 0.3) is 0 Å². The van der Waals surface area contributed by atoms with Crippen molar-refractivity contribution in [2.75, 3.05) is 26.3 Å². The maximum Gasteiger partial charge on any atom is 0.257 e. The lowest BCUT2D eigenvalue weighted by molar-refractivity contribution is 0.0237. The van der Waals surface area contributed by atoms with Gasteiger partial charge in [-0.1, -0.05) is 0 Å². The molecule has 2 aliphatic heterocycles. The first-order valence-electron chi connectivity index (χ1n) is 10.2. The van der Waals surface area contributed by atoms with Crippen LogP contribution < -0.4 is 9.47 Å². The van der Waals surface area contributed by atoms with Gasteiger partial charge < -0.3 is 9.47 Å². The Hall–Kier alpha value is -2.28. The van der Waals surface area contributed by atoms with Crippen molar-refractivity contribution in [1.82, 2.24) is 14.9 Å². The van der Waals surface area contributed by atoms with Crippen LogP contribution in [0.4, 0.5) is 8.78 Å². The fourth-order valence-corrected chi connectivity index (χ4v) is 4.42. The molecular weight excluding hydrogens is 376 g/mol. The minimum absolute atomic E-state index is 0.240. The number of alkyl halides is 1. The van der Waals surface area contributed by atoms with Crippen molar-refractivity contribution in [3.63, 3.8) is 0 Å². The number of aromatic nitrogens is 2. The first-order chi connectivity index (χ1) is 13.8. The molecule has 0 spiro atoms. The van der Waals surface area contributed by atoms with E-state index in [-0.39, 0.29) is 18.3 Å². The lowest BCUT2D eigenvalue weighted by atomic mass is 9.87. The van der Waals surface area contributed by atoms with Crippen LogP contribution in [0.15, 0.2) is 18.2 Å². The normalized spacial score (nSPS) is 23.1. The van der Waals surface area contributed by atoms with Gasteiger partial charge in [0.05, 0.1) is 11.7 Å². The number of pyridine rings is 2. The highest BCUT2D eigenvalue weighted by atomic mass is 19.1.